The third-order valence-corrected chi connectivity index (χ3v) is 6.64. The lowest BCUT2D eigenvalue weighted by Gasteiger charge is -2.26. The maximum atomic E-state index is 14.0. The van der Waals surface area contributed by atoms with Crippen LogP contribution in [0.1, 0.15) is 76.2 Å². The molecule has 0 bridgehead atoms. The molecule has 0 heterocycles. The van der Waals surface area contributed by atoms with E-state index < -0.39 is 23.7 Å². The van der Waals surface area contributed by atoms with Crippen molar-refractivity contribution in [1.29, 1.82) is 0 Å². The highest BCUT2D eigenvalue weighted by atomic mass is 19.4. The zero-order valence-electron chi connectivity index (χ0n) is 17.8. The van der Waals surface area contributed by atoms with Crippen molar-refractivity contribution in [3.05, 3.63) is 41.5 Å². The molecule has 1 nitrogen and oxygen atoms in total. The van der Waals surface area contributed by atoms with Gasteiger partial charge in [-0.1, -0.05) is 31.3 Å². The summed E-state index contributed by atoms with van der Waals surface area (Å²) in [5.41, 5.74) is 0.374. The Labute approximate surface area is 181 Å². The number of rotatable bonds is 4. The summed E-state index contributed by atoms with van der Waals surface area (Å²) in [6.07, 6.45) is 8.39. The van der Waals surface area contributed by atoms with Gasteiger partial charge < -0.3 is 4.74 Å². The molecule has 1 aromatic rings. The monoisotopic (exact) mass is 440 g/mol. The quantitative estimate of drug-likeness (QED) is 0.341. The first kappa shape index (κ1) is 23.6. The fourth-order valence-electron chi connectivity index (χ4n) is 4.74. The molecule has 0 N–H and O–H groups in total. The summed E-state index contributed by atoms with van der Waals surface area (Å²) in [4.78, 5) is 0. The standard InChI is InChI=1S/C25H29F5O/c1-2-17-7-9-18(10-8-17)5-3-4-6-19-11-13-20(14-12-19)21-15-22(26)24(23(27)16-21)31-25(28,29)30/h3,5,15-20H,2,7-14H2,1H3/b5-3+. The Morgan fingerprint density at radius 2 is 1.58 bits per heavy atom. The van der Waals surface area contributed by atoms with Crippen LogP contribution in [0.4, 0.5) is 22.0 Å². The number of alkyl halides is 3. The molecule has 3 rings (SSSR count). The highest BCUT2D eigenvalue weighted by molar-refractivity contribution is 5.33. The molecule has 1 aromatic carbocycles. The first-order chi connectivity index (χ1) is 14.7. The number of allylic oxidation sites excluding steroid dienone is 2. The normalized spacial score (nSPS) is 27.0. The fraction of sp³-hybridized carbons (Fsp3) is 0.600. The van der Waals surface area contributed by atoms with Crippen molar-refractivity contribution in [3.63, 3.8) is 0 Å². The third kappa shape index (κ3) is 6.98. The Kier molecular flexibility index (Phi) is 8.02. The Morgan fingerprint density at radius 1 is 0.968 bits per heavy atom. The second kappa shape index (κ2) is 10.5. The average Bonchev–Trinajstić information content (AvgIpc) is 2.74. The van der Waals surface area contributed by atoms with E-state index >= 15 is 0 Å². The molecule has 31 heavy (non-hydrogen) atoms. The van der Waals surface area contributed by atoms with Gasteiger partial charge in [0.15, 0.2) is 11.6 Å². The van der Waals surface area contributed by atoms with Crippen LogP contribution in [0, 0.1) is 41.2 Å². The minimum Gasteiger partial charge on any atom is -0.399 e. The average molecular weight is 440 g/mol. The number of hydrogen-bond acceptors (Lipinski definition) is 1. The van der Waals surface area contributed by atoms with Crippen LogP contribution in [0.3, 0.4) is 0 Å². The highest BCUT2D eigenvalue weighted by Crippen LogP contribution is 2.38. The van der Waals surface area contributed by atoms with E-state index in [9.17, 15) is 22.0 Å². The molecule has 6 heteroatoms. The minimum absolute atomic E-state index is 0.0914. The highest BCUT2D eigenvalue weighted by Gasteiger charge is 2.34. The zero-order chi connectivity index (χ0) is 22.4. The number of benzene rings is 1. The second-order valence-corrected chi connectivity index (χ2v) is 8.75. The molecule has 0 aliphatic heterocycles. The van der Waals surface area contributed by atoms with E-state index in [0.717, 1.165) is 30.9 Å². The molecule has 2 saturated carbocycles. The molecule has 2 aliphatic rings. The van der Waals surface area contributed by atoms with Gasteiger partial charge in [0.2, 0.25) is 5.75 Å². The molecular formula is C25H29F5O. The van der Waals surface area contributed by atoms with Gasteiger partial charge in [0.1, 0.15) is 0 Å². The van der Waals surface area contributed by atoms with Gasteiger partial charge in [-0.3, -0.25) is 0 Å². The molecule has 0 unspecified atom stereocenters. The van der Waals surface area contributed by atoms with Gasteiger partial charge in [-0.05, 0) is 92.9 Å². The van der Waals surface area contributed by atoms with Crippen LogP contribution < -0.4 is 4.74 Å². The molecule has 0 radical (unpaired) electrons. The summed E-state index contributed by atoms with van der Waals surface area (Å²) in [5, 5.41) is 0. The van der Waals surface area contributed by atoms with Crippen LogP contribution in [0.25, 0.3) is 0 Å². The summed E-state index contributed by atoms with van der Waals surface area (Å²) in [7, 11) is 0. The van der Waals surface area contributed by atoms with E-state index in [1.165, 1.54) is 32.1 Å². The van der Waals surface area contributed by atoms with Gasteiger partial charge in [0.25, 0.3) is 0 Å². The van der Waals surface area contributed by atoms with Crippen molar-refractivity contribution < 1.29 is 26.7 Å². The predicted molar refractivity (Wildman–Crippen MR) is 110 cm³/mol. The Balaban J connectivity index is 1.50. The van der Waals surface area contributed by atoms with Crippen molar-refractivity contribution in [2.24, 2.45) is 17.8 Å². The lowest BCUT2D eigenvalue weighted by Crippen LogP contribution is -2.19. The molecule has 2 fully saturated rings. The number of ether oxygens (including phenoxy) is 1. The SMILES string of the molecule is CCC1CCC(/C=C/C#CC2CCC(c3cc(F)c(OC(F)(F)F)c(F)c3)CC2)CC1. The van der Waals surface area contributed by atoms with Gasteiger partial charge in [-0.15, -0.1) is 13.2 Å². The molecule has 0 spiro atoms. The summed E-state index contributed by atoms with van der Waals surface area (Å²) >= 11 is 0. The molecule has 0 amide bonds. The first-order valence-electron chi connectivity index (χ1n) is 11.2. The maximum Gasteiger partial charge on any atom is 0.573 e. The van der Waals surface area contributed by atoms with Crippen molar-refractivity contribution in [1.82, 2.24) is 0 Å². The summed E-state index contributed by atoms with van der Waals surface area (Å²) in [5.74, 6) is 4.03. The molecule has 0 aromatic heterocycles. The van der Waals surface area contributed by atoms with Crippen molar-refractivity contribution in [2.75, 3.05) is 0 Å². The van der Waals surface area contributed by atoms with E-state index in [0.29, 0.717) is 24.3 Å². The van der Waals surface area contributed by atoms with Crippen LogP contribution in [0.2, 0.25) is 0 Å². The van der Waals surface area contributed by atoms with Crippen molar-refractivity contribution in [3.8, 4) is 17.6 Å². The molecule has 0 atom stereocenters. The van der Waals surface area contributed by atoms with Gasteiger partial charge in [-0.25, -0.2) is 8.78 Å². The van der Waals surface area contributed by atoms with Gasteiger partial charge in [0.05, 0.1) is 0 Å². The largest absolute Gasteiger partial charge is 0.573 e. The molecule has 170 valence electrons. The van der Waals surface area contributed by atoms with E-state index in [2.05, 4.69) is 29.6 Å². The number of hydrogen-bond donors (Lipinski definition) is 0. The van der Waals surface area contributed by atoms with Gasteiger partial charge in [0, 0.05) is 5.92 Å². The predicted octanol–water partition coefficient (Wildman–Crippen LogP) is 7.91. The lowest BCUT2D eigenvalue weighted by atomic mass is 9.79. The molecule has 2 aliphatic carbocycles. The summed E-state index contributed by atoms with van der Waals surface area (Å²) < 4.78 is 68.3. The van der Waals surface area contributed by atoms with Crippen LogP contribution in [-0.2, 0) is 0 Å². The number of halogens is 5. The van der Waals surface area contributed by atoms with Crippen LogP contribution in [0.5, 0.6) is 5.75 Å². The van der Waals surface area contributed by atoms with E-state index in [-0.39, 0.29) is 11.8 Å². The van der Waals surface area contributed by atoms with Crippen molar-refractivity contribution >= 4 is 0 Å². The molecule has 0 saturated heterocycles. The summed E-state index contributed by atoms with van der Waals surface area (Å²) in [6, 6.07) is 1.91. The molecular weight excluding hydrogens is 411 g/mol. The van der Waals surface area contributed by atoms with E-state index in [4.69, 9.17) is 0 Å². The van der Waals surface area contributed by atoms with Gasteiger partial charge in [-0.2, -0.15) is 0 Å². The Morgan fingerprint density at radius 3 is 2.13 bits per heavy atom. The first-order valence-corrected chi connectivity index (χ1v) is 11.2. The second-order valence-electron chi connectivity index (χ2n) is 8.75. The fourth-order valence-corrected chi connectivity index (χ4v) is 4.74. The van der Waals surface area contributed by atoms with Crippen LogP contribution in [-0.4, -0.2) is 6.36 Å². The Bertz CT molecular complexity index is 794. The van der Waals surface area contributed by atoms with Crippen LogP contribution >= 0.6 is 0 Å². The van der Waals surface area contributed by atoms with Gasteiger partial charge >= 0.3 is 6.36 Å². The lowest BCUT2D eigenvalue weighted by molar-refractivity contribution is -0.276. The van der Waals surface area contributed by atoms with Crippen molar-refractivity contribution in [2.45, 2.75) is 77.0 Å². The van der Waals surface area contributed by atoms with E-state index in [1.54, 1.807) is 0 Å². The van der Waals surface area contributed by atoms with Crippen LogP contribution in [0.15, 0.2) is 24.3 Å². The third-order valence-electron chi connectivity index (χ3n) is 6.64. The Hall–Kier alpha value is -2.03. The maximum absolute atomic E-state index is 14.0. The minimum atomic E-state index is -5.14. The topological polar surface area (TPSA) is 9.23 Å². The zero-order valence-corrected chi connectivity index (χ0v) is 17.8. The summed E-state index contributed by atoms with van der Waals surface area (Å²) in [6.45, 7) is 2.26. The smallest absolute Gasteiger partial charge is 0.399 e. The van der Waals surface area contributed by atoms with E-state index in [1.807, 2.05) is 6.08 Å².